The zero-order valence-electron chi connectivity index (χ0n) is 20.3. The molecule has 2 aliphatic heterocycles. The second kappa shape index (κ2) is 12.7. The fourth-order valence-electron chi connectivity index (χ4n) is 4.70. The molecule has 3 rings (SSSR count). The first kappa shape index (κ1) is 26.9. The Morgan fingerprint density at radius 1 is 1.28 bits per heavy atom. The number of rotatable bonds is 6. The maximum atomic E-state index is 12.4. The van der Waals surface area contributed by atoms with Crippen LogP contribution in [0, 0.1) is 13.8 Å². The van der Waals surface area contributed by atoms with Crippen LogP contribution in [-0.2, 0) is 9.53 Å². The van der Waals surface area contributed by atoms with E-state index in [2.05, 4.69) is 52.2 Å². The van der Waals surface area contributed by atoms with Crippen LogP contribution in [0.25, 0.3) is 0 Å². The van der Waals surface area contributed by atoms with Crippen molar-refractivity contribution in [2.75, 3.05) is 60.5 Å². The van der Waals surface area contributed by atoms with Gasteiger partial charge in [-0.1, -0.05) is 23.8 Å². The number of aliphatic imine (C=N–C) groups is 1. The molecule has 2 fully saturated rings. The van der Waals surface area contributed by atoms with Gasteiger partial charge in [-0.25, -0.2) is 0 Å². The van der Waals surface area contributed by atoms with Gasteiger partial charge < -0.3 is 19.9 Å². The highest BCUT2D eigenvalue weighted by Gasteiger charge is 2.31. The molecule has 1 aromatic rings. The van der Waals surface area contributed by atoms with Crippen molar-refractivity contribution in [3.05, 3.63) is 34.9 Å². The number of guanidine groups is 1. The minimum atomic E-state index is 0. The number of morpholine rings is 1. The summed E-state index contributed by atoms with van der Waals surface area (Å²) in [5.41, 5.74) is 3.82. The van der Waals surface area contributed by atoms with E-state index in [1.807, 2.05) is 21.1 Å². The number of hydrogen-bond donors (Lipinski definition) is 1. The lowest BCUT2D eigenvalue weighted by atomic mass is 10.00. The molecule has 1 amide bonds. The van der Waals surface area contributed by atoms with Crippen molar-refractivity contribution in [3.8, 4) is 0 Å². The Morgan fingerprint density at radius 2 is 2.06 bits per heavy atom. The normalized spacial score (nSPS) is 21.9. The molecule has 0 bridgehead atoms. The molecule has 1 N–H and O–H groups in total. The predicted molar refractivity (Wildman–Crippen MR) is 141 cm³/mol. The number of amides is 1. The van der Waals surface area contributed by atoms with Crippen molar-refractivity contribution >= 4 is 35.8 Å². The van der Waals surface area contributed by atoms with Gasteiger partial charge in [0.1, 0.15) is 6.10 Å². The number of nitrogens with one attached hydrogen (secondary N) is 1. The average molecular weight is 558 g/mol. The van der Waals surface area contributed by atoms with E-state index in [0.29, 0.717) is 6.61 Å². The van der Waals surface area contributed by atoms with Crippen molar-refractivity contribution in [1.29, 1.82) is 0 Å². The van der Waals surface area contributed by atoms with Crippen LogP contribution in [0.4, 0.5) is 0 Å². The monoisotopic (exact) mass is 557 g/mol. The van der Waals surface area contributed by atoms with Crippen LogP contribution in [0.2, 0.25) is 0 Å². The molecule has 8 heteroatoms. The van der Waals surface area contributed by atoms with Gasteiger partial charge in [-0.15, -0.1) is 24.0 Å². The summed E-state index contributed by atoms with van der Waals surface area (Å²) in [6, 6.07) is 6.62. The molecule has 2 saturated heterocycles. The molecule has 2 heterocycles. The predicted octanol–water partition coefficient (Wildman–Crippen LogP) is 2.81. The van der Waals surface area contributed by atoms with Gasteiger partial charge in [-0.2, -0.15) is 0 Å². The molecule has 32 heavy (non-hydrogen) atoms. The van der Waals surface area contributed by atoms with Crippen LogP contribution in [0.5, 0.6) is 0 Å². The van der Waals surface area contributed by atoms with Gasteiger partial charge in [0.2, 0.25) is 5.91 Å². The van der Waals surface area contributed by atoms with Crippen LogP contribution >= 0.6 is 24.0 Å². The molecule has 0 spiro atoms. The number of carbonyl (C=O) groups is 1. The molecule has 2 atom stereocenters. The summed E-state index contributed by atoms with van der Waals surface area (Å²) in [6.45, 7) is 9.41. The molecule has 1 aromatic carbocycles. The highest BCUT2D eigenvalue weighted by molar-refractivity contribution is 14.0. The van der Waals surface area contributed by atoms with Crippen LogP contribution in [0.3, 0.4) is 0 Å². The van der Waals surface area contributed by atoms with Crippen molar-refractivity contribution in [1.82, 2.24) is 20.0 Å². The van der Waals surface area contributed by atoms with Crippen molar-refractivity contribution < 1.29 is 9.53 Å². The number of carbonyl (C=O) groups excluding carboxylic acids is 1. The maximum Gasteiger partial charge on any atom is 0.239 e. The largest absolute Gasteiger partial charge is 0.370 e. The number of nitrogens with zero attached hydrogens (tertiary/aromatic N) is 4. The highest BCUT2D eigenvalue weighted by Crippen LogP contribution is 2.26. The third-order valence-electron chi connectivity index (χ3n) is 6.34. The van der Waals surface area contributed by atoms with Gasteiger partial charge in [-0.05, 0) is 50.8 Å². The van der Waals surface area contributed by atoms with Gasteiger partial charge in [0.25, 0.3) is 0 Å². The Balaban J connectivity index is 0.00000363. The standard InChI is InChI=1S/C24H39N5O2.HI/c1-18-9-10-20(19(2)16-18)22-17-29(14-15-31-22)24(25-3)26-11-7-13-28-12-6-8-21(28)23(30)27(4)5;/h9-10,16,21-22H,6-8,11-15,17H2,1-5H3,(H,25,26);1H. The second-order valence-electron chi connectivity index (χ2n) is 8.92. The van der Waals surface area contributed by atoms with E-state index in [1.54, 1.807) is 4.90 Å². The maximum absolute atomic E-state index is 12.4. The first-order valence-corrected chi connectivity index (χ1v) is 11.5. The number of benzene rings is 1. The lowest BCUT2D eigenvalue weighted by molar-refractivity contribution is -0.133. The Morgan fingerprint density at radius 3 is 2.75 bits per heavy atom. The summed E-state index contributed by atoms with van der Waals surface area (Å²) in [5, 5.41) is 3.52. The van der Waals surface area contributed by atoms with Gasteiger partial charge in [0.15, 0.2) is 5.96 Å². The topological polar surface area (TPSA) is 60.4 Å². The molecule has 180 valence electrons. The van der Waals surface area contributed by atoms with Gasteiger partial charge in [0, 0.05) is 40.8 Å². The summed E-state index contributed by atoms with van der Waals surface area (Å²) >= 11 is 0. The van der Waals surface area contributed by atoms with E-state index in [1.165, 1.54) is 16.7 Å². The number of ether oxygens (including phenoxy) is 1. The molecule has 0 saturated carbocycles. The van der Waals surface area contributed by atoms with Gasteiger partial charge in [0.05, 0.1) is 19.2 Å². The molecular formula is C24H40IN5O2. The lowest BCUT2D eigenvalue weighted by Gasteiger charge is -2.36. The summed E-state index contributed by atoms with van der Waals surface area (Å²) in [7, 11) is 5.53. The SMILES string of the molecule is CN=C(NCCCN1CCCC1C(=O)N(C)C)N1CCOC(c2ccc(C)cc2C)C1.I. The molecular weight excluding hydrogens is 517 g/mol. The van der Waals surface area contributed by atoms with Crippen molar-refractivity contribution in [3.63, 3.8) is 0 Å². The summed E-state index contributed by atoms with van der Waals surface area (Å²) in [4.78, 5) is 23.2. The minimum Gasteiger partial charge on any atom is -0.370 e. The lowest BCUT2D eigenvalue weighted by Crippen LogP contribution is -2.49. The van der Waals surface area contributed by atoms with Crippen LogP contribution in [-0.4, -0.2) is 93.1 Å². The van der Waals surface area contributed by atoms with E-state index in [9.17, 15) is 4.79 Å². The zero-order valence-corrected chi connectivity index (χ0v) is 22.6. The third kappa shape index (κ3) is 6.81. The van der Waals surface area contributed by atoms with Crippen LogP contribution in [0.1, 0.15) is 42.1 Å². The van der Waals surface area contributed by atoms with E-state index >= 15 is 0 Å². The third-order valence-corrected chi connectivity index (χ3v) is 6.34. The van der Waals surface area contributed by atoms with Crippen molar-refractivity contribution in [2.24, 2.45) is 4.99 Å². The Labute approximate surface area is 210 Å². The fraction of sp³-hybridized carbons (Fsp3) is 0.667. The van der Waals surface area contributed by atoms with E-state index in [-0.39, 0.29) is 42.0 Å². The Bertz CT molecular complexity index is 786. The molecule has 0 aliphatic carbocycles. The minimum absolute atomic E-state index is 0. The second-order valence-corrected chi connectivity index (χ2v) is 8.92. The van der Waals surface area contributed by atoms with E-state index < -0.39 is 0 Å². The smallest absolute Gasteiger partial charge is 0.239 e. The summed E-state index contributed by atoms with van der Waals surface area (Å²) in [5.74, 6) is 1.16. The van der Waals surface area contributed by atoms with Gasteiger partial charge >= 0.3 is 0 Å². The fourth-order valence-corrected chi connectivity index (χ4v) is 4.70. The van der Waals surface area contributed by atoms with Crippen LogP contribution < -0.4 is 5.32 Å². The number of halogens is 1. The Hall–Kier alpha value is -1.39. The number of aryl methyl sites for hydroxylation is 2. The highest BCUT2D eigenvalue weighted by atomic mass is 127. The Kier molecular flexibility index (Phi) is 10.7. The first-order valence-electron chi connectivity index (χ1n) is 11.5. The average Bonchev–Trinajstić information content (AvgIpc) is 3.21. The van der Waals surface area contributed by atoms with Crippen LogP contribution in [0.15, 0.2) is 23.2 Å². The number of hydrogen-bond acceptors (Lipinski definition) is 4. The molecule has 2 aliphatic rings. The molecule has 0 radical (unpaired) electrons. The first-order chi connectivity index (χ1) is 14.9. The summed E-state index contributed by atoms with van der Waals surface area (Å²) in [6.07, 6.45) is 3.13. The molecule has 0 aromatic heterocycles. The number of likely N-dealkylation sites (tertiary alicyclic amines) is 1. The number of likely N-dealkylation sites (N-methyl/N-ethyl adjacent to an activating group) is 1. The quantitative estimate of drug-likeness (QED) is 0.253. The summed E-state index contributed by atoms with van der Waals surface area (Å²) < 4.78 is 6.09. The zero-order chi connectivity index (χ0) is 22.4. The van der Waals surface area contributed by atoms with E-state index in [4.69, 9.17) is 4.74 Å². The van der Waals surface area contributed by atoms with E-state index in [0.717, 1.165) is 57.9 Å². The molecule has 7 nitrogen and oxygen atoms in total. The van der Waals surface area contributed by atoms with Gasteiger partial charge in [-0.3, -0.25) is 14.7 Å². The van der Waals surface area contributed by atoms with Crippen molar-refractivity contribution in [2.45, 2.75) is 45.3 Å². The molecule has 2 unspecified atom stereocenters.